The van der Waals surface area contributed by atoms with Crippen molar-refractivity contribution >= 4 is 61.2 Å². The zero-order valence-electron chi connectivity index (χ0n) is 10.4. The average Bonchev–Trinajstić information content (AvgIpc) is 2.79. The van der Waals surface area contributed by atoms with Crippen LogP contribution in [0.4, 0.5) is 8.78 Å². The van der Waals surface area contributed by atoms with Gasteiger partial charge in [-0.05, 0) is 46.9 Å². The molecule has 21 heavy (non-hydrogen) atoms. The van der Waals surface area contributed by atoms with Crippen LogP contribution in [-0.4, -0.2) is 9.55 Å². The van der Waals surface area contributed by atoms with Crippen molar-refractivity contribution in [2.75, 3.05) is 0 Å². The van der Waals surface area contributed by atoms with Crippen LogP contribution in [0.3, 0.4) is 0 Å². The standard InChI is InChI=1S/C14H7BrClF2IN2/c15-7-1-2-8(17)12(3-7)21-13-4-9(18)10(19)5-11(13)20-14(21)6-16/h1-5H,6H2. The summed E-state index contributed by atoms with van der Waals surface area (Å²) < 4.78 is 30.7. The minimum absolute atomic E-state index is 0.0961. The van der Waals surface area contributed by atoms with E-state index in [2.05, 4.69) is 20.9 Å². The summed E-state index contributed by atoms with van der Waals surface area (Å²) in [6.07, 6.45) is 0. The fraction of sp³-hybridized carbons (Fsp3) is 0.0714. The minimum atomic E-state index is -0.428. The molecule has 0 radical (unpaired) electrons. The highest BCUT2D eigenvalue weighted by atomic mass is 127. The van der Waals surface area contributed by atoms with Crippen LogP contribution in [-0.2, 0) is 5.88 Å². The molecule has 0 unspecified atom stereocenters. The minimum Gasteiger partial charge on any atom is -0.292 e. The summed E-state index contributed by atoms with van der Waals surface area (Å²) >= 11 is 11.1. The van der Waals surface area contributed by atoms with Crippen molar-refractivity contribution < 1.29 is 8.78 Å². The lowest BCUT2D eigenvalue weighted by Gasteiger charge is -2.09. The van der Waals surface area contributed by atoms with Gasteiger partial charge in [-0.1, -0.05) is 15.9 Å². The van der Waals surface area contributed by atoms with Crippen molar-refractivity contribution in [1.29, 1.82) is 0 Å². The number of hydrogen-bond donors (Lipinski definition) is 0. The lowest BCUT2D eigenvalue weighted by atomic mass is 10.2. The molecular weight excluding hydrogens is 476 g/mol. The van der Waals surface area contributed by atoms with Crippen molar-refractivity contribution in [3.8, 4) is 5.69 Å². The largest absolute Gasteiger partial charge is 0.292 e. The highest BCUT2D eigenvalue weighted by Crippen LogP contribution is 2.28. The Morgan fingerprint density at radius 2 is 1.95 bits per heavy atom. The number of imidazole rings is 1. The van der Waals surface area contributed by atoms with Gasteiger partial charge < -0.3 is 0 Å². The Morgan fingerprint density at radius 3 is 2.67 bits per heavy atom. The van der Waals surface area contributed by atoms with E-state index in [1.807, 2.05) is 22.6 Å². The van der Waals surface area contributed by atoms with Crippen LogP contribution in [0.2, 0.25) is 0 Å². The normalized spacial score (nSPS) is 11.3. The first-order valence-electron chi connectivity index (χ1n) is 5.89. The highest BCUT2D eigenvalue weighted by Gasteiger charge is 2.17. The number of nitrogens with zero attached hydrogens (tertiary/aromatic N) is 2. The lowest BCUT2D eigenvalue weighted by Crippen LogP contribution is -2.02. The maximum Gasteiger partial charge on any atom is 0.147 e. The van der Waals surface area contributed by atoms with Gasteiger partial charge in [0, 0.05) is 10.5 Å². The number of aromatic nitrogens is 2. The van der Waals surface area contributed by atoms with Crippen LogP contribution in [0.15, 0.2) is 34.8 Å². The van der Waals surface area contributed by atoms with E-state index in [-0.39, 0.29) is 17.4 Å². The first kappa shape index (κ1) is 15.2. The second-order valence-corrected chi connectivity index (χ2v) is 6.69. The van der Waals surface area contributed by atoms with Crippen LogP contribution in [0.1, 0.15) is 5.82 Å². The van der Waals surface area contributed by atoms with Gasteiger partial charge in [0.05, 0.1) is 26.2 Å². The molecule has 0 aliphatic rings. The summed E-state index contributed by atoms with van der Waals surface area (Å²) in [5.41, 5.74) is 1.35. The van der Waals surface area contributed by atoms with Crippen LogP contribution in [0.25, 0.3) is 16.7 Å². The molecule has 0 fully saturated rings. The Kier molecular flexibility index (Phi) is 4.20. The molecule has 0 atom stereocenters. The number of hydrogen-bond acceptors (Lipinski definition) is 1. The van der Waals surface area contributed by atoms with E-state index in [4.69, 9.17) is 11.6 Å². The van der Waals surface area contributed by atoms with Crippen LogP contribution in [0.5, 0.6) is 0 Å². The third-order valence-corrected chi connectivity index (χ3v) is 4.59. The lowest BCUT2D eigenvalue weighted by molar-refractivity contribution is 0.615. The zero-order chi connectivity index (χ0) is 15.1. The molecule has 0 bridgehead atoms. The molecule has 0 saturated heterocycles. The fourth-order valence-corrected chi connectivity index (χ4v) is 3.12. The van der Waals surface area contributed by atoms with E-state index in [0.29, 0.717) is 24.9 Å². The van der Waals surface area contributed by atoms with E-state index < -0.39 is 5.82 Å². The fourth-order valence-electron chi connectivity index (χ4n) is 2.14. The van der Waals surface area contributed by atoms with Crippen LogP contribution >= 0.6 is 50.1 Å². The van der Waals surface area contributed by atoms with Crippen molar-refractivity contribution in [2.45, 2.75) is 5.88 Å². The molecule has 1 aromatic heterocycles. The predicted molar refractivity (Wildman–Crippen MR) is 91.0 cm³/mol. The second kappa shape index (κ2) is 5.81. The second-order valence-electron chi connectivity index (χ2n) is 4.35. The number of fused-ring (bicyclic) bond motifs is 1. The first-order chi connectivity index (χ1) is 10.0. The summed E-state index contributed by atoms with van der Waals surface area (Å²) in [6.45, 7) is 0. The van der Waals surface area contributed by atoms with E-state index in [1.165, 1.54) is 12.1 Å². The zero-order valence-corrected chi connectivity index (χ0v) is 14.9. The Morgan fingerprint density at radius 1 is 1.19 bits per heavy atom. The third kappa shape index (κ3) is 2.68. The molecule has 0 spiro atoms. The molecule has 0 saturated carbocycles. The molecule has 2 nitrogen and oxygen atoms in total. The van der Waals surface area contributed by atoms with Gasteiger partial charge in [0.1, 0.15) is 17.5 Å². The van der Waals surface area contributed by atoms with Crippen molar-refractivity contribution in [1.82, 2.24) is 9.55 Å². The predicted octanol–water partition coefficient (Wildman–Crippen LogP) is 5.41. The number of halogens is 5. The topological polar surface area (TPSA) is 17.8 Å². The maximum absolute atomic E-state index is 14.1. The Hall–Kier alpha value is -0.730. The number of benzene rings is 2. The maximum atomic E-state index is 14.1. The molecule has 0 amide bonds. The van der Waals surface area contributed by atoms with Gasteiger partial charge in [-0.15, -0.1) is 11.6 Å². The third-order valence-electron chi connectivity index (χ3n) is 3.03. The molecule has 0 N–H and O–H groups in total. The SMILES string of the molecule is Fc1cc2c(cc1I)nc(CCl)n2-c1cc(Br)ccc1F. The summed E-state index contributed by atoms with van der Waals surface area (Å²) in [7, 11) is 0. The van der Waals surface area contributed by atoms with Gasteiger partial charge in [-0.25, -0.2) is 13.8 Å². The quantitative estimate of drug-likeness (QED) is 0.352. The van der Waals surface area contributed by atoms with E-state index >= 15 is 0 Å². The average molecular weight is 483 g/mol. The molecule has 3 rings (SSSR count). The van der Waals surface area contributed by atoms with Crippen molar-refractivity contribution in [2.24, 2.45) is 0 Å². The van der Waals surface area contributed by atoms with Gasteiger partial charge in [0.15, 0.2) is 0 Å². The smallest absolute Gasteiger partial charge is 0.147 e. The van der Waals surface area contributed by atoms with Crippen LogP contribution < -0.4 is 0 Å². The Bertz CT molecular complexity index is 851. The Balaban J connectivity index is 2.40. The molecule has 7 heteroatoms. The molecule has 0 aliphatic carbocycles. The van der Waals surface area contributed by atoms with Gasteiger partial charge in [-0.2, -0.15) is 0 Å². The van der Waals surface area contributed by atoms with Gasteiger partial charge in [-0.3, -0.25) is 4.57 Å². The van der Waals surface area contributed by atoms with E-state index in [0.717, 1.165) is 0 Å². The molecule has 2 aromatic carbocycles. The van der Waals surface area contributed by atoms with Crippen molar-refractivity contribution in [3.63, 3.8) is 0 Å². The summed E-state index contributed by atoms with van der Waals surface area (Å²) in [5, 5.41) is 0. The van der Waals surface area contributed by atoms with E-state index in [9.17, 15) is 8.78 Å². The summed E-state index contributed by atoms with van der Waals surface area (Å²) in [5.74, 6) is -0.243. The number of rotatable bonds is 2. The summed E-state index contributed by atoms with van der Waals surface area (Å²) in [6, 6.07) is 7.52. The van der Waals surface area contributed by atoms with Crippen molar-refractivity contribution in [3.05, 3.63) is 55.8 Å². The monoisotopic (exact) mass is 482 g/mol. The van der Waals surface area contributed by atoms with Gasteiger partial charge >= 0.3 is 0 Å². The van der Waals surface area contributed by atoms with E-state index in [1.54, 1.807) is 22.8 Å². The highest BCUT2D eigenvalue weighted by molar-refractivity contribution is 14.1. The van der Waals surface area contributed by atoms with Gasteiger partial charge in [0.2, 0.25) is 0 Å². The first-order valence-corrected chi connectivity index (χ1v) is 8.29. The molecule has 0 aliphatic heterocycles. The molecule has 108 valence electrons. The van der Waals surface area contributed by atoms with Crippen LogP contribution in [0, 0.1) is 15.2 Å². The Labute approximate surface area is 146 Å². The molecule has 3 aromatic rings. The summed E-state index contributed by atoms with van der Waals surface area (Å²) in [4.78, 5) is 4.36. The van der Waals surface area contributed by atoms with Gasteiger partial charge in [0.25, 0.3) is 0 Å². The molecule has 1 heterocycles. The molecular formula is C14H7BrClF2IN2. The number of alkyl halides is 1.